The largest absolute Gasteiger partial charge is 0.381 e. The molecule has 192 valence electrons. The van der Waals surface area contributed by atoms with Gasteiger partial charge in [0.1, 0.15) is 18.0 Å². The normalized spacial score (nSPS) is 16.7. The second kappa shape index (κ2) is 8.80. The van der Waals surface area contributed by atoms with Crippen LogP contribution in [0.2, 0.25) is 5.02 Å². The molecule has 1 aromatic carbocycles. The third-order valence-electron chi connectivity index (χ3n) is 6.63. The first-order chi connectivity index (χ1) is 18.2. The van der Waals surface area contributed by atoms with E-state index in [0.717, 1.165) is 0 Å². The zero-order valence-electron chi connectivity index (χ0n) is 20.0. The van der Waals surface area contributed by atoms with Gasteiger partial charge in [-0.15, -0.1) is 5.10 Å². The Labute approximate surface area is 218 Å². The van der Waals surface area contributed by atoms with Gasteiger partial charge in [-0.2, -0.15) is 4.68 Å². The highest BCUT2D eigenvalue weighted by atomic mass is 35.5. The number of nitrogens with two attached hydrogens (primary N) is 1. The van der Waals surface area contributed by atoms with Gasteiger partial charge in [-0.1, -0.05) is 18.5 Å². The number of aromatic nitrogens is 9. The van der Waals surface area contributed by atoms with E-state index in [2.05, 4.69) is 35.5 Å². The number of halogens is 3. The number of fused-ring (bicyclic) bond motifs is 1. The highest BCUT2D eigenvalue weighted by Crippen LogP contribution is 2.39. The van der Waals surface area contributed by atoms with Crippen LogP contribution in [0, 0.1) is 18.6 Å². The van der Waals surface area contributed by atoms with Crippen LogP contribution in [0.3, 0.4) is 0 Å². The molecule has 11 nitrogen and oxygen atoms in total. The van der Waals surface area contributed by atoms with Gasteiger partial charge < -0.3 is 10.7 Å². The summed E-state index contributed by atoms with van der Waals surface area (Å²) in [5.41, 5.74) is 7.15. The van der Waals surface area contributed by atoms with E-state index < -0.39 is 23.2 Å². The number of nitrogens with zero attached hydrogens (tertiary/aromatic N) is 8. The Kier molecular flexibility index (Phi) is 5.52. The Bertz CT molecular complexity index is 1770. The molecule has 0 bridgehead atoms. The van der Waals surface area contributed by atoms with Gasteiger partial charge in [0.05, 0.1) is 39.9 Å². The molecular weight excluding hydrogens is 518 g/mol. The molecule has 6 rings (SSSR count). The van der Waals surface area contributed by atoms with E-state index in [9.17, 15) is 9.18 Å². The molecule has 5 heterocycles. The van der Waals surface area contributed by atoms with Crippen LogP contribution in [-0.4, -0.2) is 44.7 Å². The lowest BCUT2D eigenvalue weighted by molar-refractivity contribution is 0.555. The number of hydrogen-bond donors (Lipinski definition) is 2. The number of nitrogens with one attached hydrogen (secondary N) is 1. The van der Waals surface area contributed by atoms with E-state index in [1.807, 2.05) is 6.92 Å². The minimum atomic E-state index is -0.742. The zero-order chi connectivity index (χ0) is 26.7. The van der Waals surface area contributed by atoms with Gasteiger partial charge in [-0.25, -0.2) is 23.7 Å². The van der Waals surface area contributed by atoms with E-state index in [1.165, 1.54) is 33.8 Å². The van der Waals surface area contributed by atoms with Gasteiger partial charge in [0.15, 0.2) is 17.5 Å². The van der Waals surface area contributed by atoms with Crippen molar-refractivity contribution in [1.29, 1.82) is 0 Å². The number of nitrogen functional groups attached to an aromatic ring is 1. The molecule has 14 heteroatoms. The van der Waals surface area contributed by atoms with Crippen LogP contribution in [0.4, 0.5) is 14.6 Å². The number of anilines is 1. The van der Waals surface area contributed by atoms with Crippen molar-refractivity contribution in [2.75, 3.05) is 5.73 Å². The number of pyridine rings is 1. The van der Waals surface area contributed by atoms with Gasteiger partial charge in [0.25, 0.3) is 5.56 Å². The minimum Gasteiger partial charge on any atom is -0.381 e. The van der Waals surface area contributed by atoms with Crippen molar-refractivity contribution in [3.8, 4) is 28.2 Å². The molecule has 0 unspecified atom stereocenters. The van der Waals surface area contributed by atoms with Crippen molar-refractivity contribution in [2.24, 2.45) is 0 Å². The Morgan fingerprint density at radius 2 is 2.03 bits per heavy atom. The number of imidazole rings is 1. The second-order valence-electron chi connectivity index (χ2n) is 9.04. The molecule has 3 N–H and O–H groups in total. The zero-order valence-corrected chi connectivity index (χ0v) is 20.8. The predicted octanol–water partition coefficient (Wildman–Crippen LogP) is 3.59. The first-order valence-electron chi connectivity index (χ1n) is 11.6. The summed E-state index contributed by atoms with van der Waals surface area (Å²) in [5.74, 6) is -0.747. The maximum absolute atomic E-state index is 15.3. The molecule has 0 aliphatic carbocycles. The lowest BCUT2D eigenvalue weighted by atomic mass is 10.1. The lowest BCUT2D eigenvalue weighted by Crippen LogP contribution is -2.25. The SMILES string of the molecule is Cc1nc(N)c(F)cc1-c1cnc([C@@H]2C[C@H](C)c3nc(-c4c(-n5cnnn5)ccc(Cl)c4F)cc(=O)n32)[nH]1. The fourth-order valence-corrected chi connectivity index (χ4v) is 5.00. The quantitative estimate of drug-likeness (QED) is 0.354. The number of tetrazole rings is 1. The van der Waals surface area contributed by atoms with Crippen molar-refractivity contribution >= 4 is 17.4 Å². The van der Waals surface area contributed by atoms with E-state index in [4.69, 9.17) is 17.3 Å². The van der Waals surface area contributed by atoms with Gasteiger partial charge >= 0.3 is 0 Å². The second-order valence-corrected chi connectivity index (χ2v) is 9.45. The summed E-state index contributed by atoms with van der Waals surface area (Å²) in [6.07, 6.45) is 3.39. The number of hydrogen-bond acceptors (Lipinski definition) is 8. The molecule has 0 spiro atoms. The first kappa shape index (κ1) is 23.9. The van der Waals surface area contributed by atoms with Gasteiger partial charge in [-0.3, -0.25) is 9.36 Å². The molecule has 5 aromatic rings. The molecule has 0 saturated heterocycles. The van der Waals surface area contributed by atoms with Crippen LogP contribution in [0.5, 0.6) is 0 Å². The molecular formula is C24H19ClF2N10O. The molecule has 0 amide bonds. The third kappa shape index (κ3) is 3.74. The average molecular weight is 537 g/mol. The van der Waals surface area contributed by atoms with E-state index in [-0.39, 0.29) is 33.7 Å². The Hall–Kier alpha value is -4.52. The number of benzene rings is 1. The van der Waals surface area contributed by atoms with Crippen molar-refractivity contribution in [1.82, 2.24) is 44.7 Å². The molecule has 0 fully saturated rings. The molecule has 0 saturated carbocycles. The highest BCUT2D eigenvalue weighted by molar-refractivity contribution is 6.31. The topological polar surface area (TPSA) is 146 Å². The van der Waals surface area contributed by atoms with Crippen LogP contribution in [0.1, 0.15) is 42.6 Å². The Balaban J connectivity index is 1.44. The number of rotatable bonds is 4. The highest BCUT2D eigenvalue weighted by Gasteiger charge is 2.34. The summed E-state index contributed by atoms with van der Waals surface area (Å²) in [6.45, 7) is 3.64. The van der Waals surface area contributed by atoms with Gasteiger partial charge in [0, 0.05) is 23.2 Å². The monoisotopic (exact) mass is 536 g/mol. The third-order valence-corrected chi connectivity index (χ3v) is 6.92. The van der Waals surface area contributed by atoms with Crippen LogP contribution >= 0.6 is 11.6 Å². The predicted molar refractivity (Wildman–Crippen MR) is 134 cm³/mol. The molecule has 1 aliphatic heterocycles. The van der Waals surface area contributed by atoms with Crippen LogP contribution in [0.15, 0.2) is 41.6 Å². The molecule has 2 atom stereocenters. The Morgan fingerprint density at radius 1 is 1.21 bits per heavy atom. The van der Waals surface area contributed by atoms with E-state index in [1.54, 1.807) is 19.2 Å². The van der Waals surface area contributed by atoms with Gasteiger partial charge in [-0.05, 0) is 42.0 Å². The summed E-state index contributed by atoms with van der Waals surface area (Å²) in [5, 5.41) is 10.9. The summed E-state index contributed by atoms with van der Waals surface area (Å²) >= 11 is 6.07. The summed E-state index contributed by atoms with van der Waals surface area (Å²) in [4.78, 5) is 29.8. The summed E-state index contributed by atoms with van der Waals surface area (Å²) < 4.78 is 32.2. The first-order valence-corrected chi connectivity index (χ1v) is 11.9. The standard InChI is InChI=1S/C24H19ClF2N10O/c1-10-5-18(23-29-8-16(32-23)12-6-14(26)22(28)31-11(12)2)37-19(38)7-15(33-24(10)37)20-17(36-9-30-34-35-36)4-3-13(25)21(20)27/h3-4,6-10,18H,5H2,1-2H3,(H2,28,31)(H,29,32)/t10-,18-/m0/s1. The molecule has 0 radical (unpaired) electrons. The number of aromatic amines is 1. The van der Waals surface area contributed by atoms with Crippen molar-refractivity contribution in [2.45, 2.75) is 32.2 Å². The van der Waals surface area contributed by atoms with Crippen molar-refractivity contribution < 1.29 is 8.78 Å². The summed E-state index contributed by atoms with van der Waals surface area (Å²) in [7, 11) is 0. The maximum Gasteiger partial charge on any atom is 0.254 e. The van der Waals surface area contributed by atoms with E-state index >= 15 is 4.39 Å². The summed E-state index contributed by atoms with van der Waals surface area (Å²) in [6, 6.07) is 5.02. The number of H-pyrrole nitrogens is 1. The van der Waals surface area contributed by atoms with Crippen molar-refractivity contribution in [3.63, 3.8) is 0 Å². The number of aryl methyl sites for hydroxylation is 1. The minimum absolute atomic E-state index is 0.00888. The van der Waals surface area contributed by atoms with Crippen LogP contribution in [-0.2, 0) is 0 Å². The fourth-order valence-electron chi connectivity index (χ4n) is 4.84. The van der Waals surface area contributed by atoms with Gasteiger partial charge in [0.2, 0.25) is 0 Å². The lowest BCUT2D eigenvalue weighted by Gasteiger charge is -2.15. The maximum atomic E-state index is 15.3. The molecule has 38 heavy (non-hydrogen) atoms. The van der Waals surface area contributed by atoms with E-state index in [0.29, 0.717) is 35.0 Å². The molecule has 1 aliphatic rings. The van der Waals surface area contributed by atoms with Crippen LogP contribution in [0.25, 0.3) is 28.2 Å². The molecule has 4 aromatic heterocycles. The van der Waals surface area contributed by atoms with Crippen LogP contribution < -0.4 is 11.3 Å². The average Bonchev–Trinajstić information content (AvgIpc) is 3.64. The van der Waals surface area contributed by atoms with Crippen molar-refractivity contribution in [3.05, 3.63) is 81.1 Å². The fraction of sp³-hybridized carbons (Fsp3) is 0.208. The smallest absolute Gasteiger partial charge is 0.254 e. The Morgan fingerprint density at radius 3 is 2.79 bits per heavy atom.